The van der Waals surface area contributed by atoms with Crippen LogP contribution in [0.25, 0.3) is 0 Å². The predicted molar refractivity (Wildman–Crippen MR) is 67.6 cm³/mol. The second kappa shape index (κ2) is 5.92. The number of anilines is 1. The molecule has 0 aliphatic carbocycles. The van der Waals surface area contributed by atoms with Crippen LogP contribution in [0.2, 0.25) is 0 Å². The second-order valence-electron chi connectivity index (χ2n) is 3.59. The van der Waals surface area contributed by atoms with Crippen LogP contribution in [-0.4, -0.2) is 12.0 Å². The summed E-state index contributed by atoms with van der Waals surface area (Å²) >= 11 is 2.89. The molecular formula is C10H13BrF2N4. The molecule has 0 fully saturated rings. The molecule has 1 rings (SSSR count). The Labute approximate surface area is 106 Å². The van der Waals surface area contributed by atoms with E-state index < -0.39 is 11.6 Å². The van der Waals surface area contributed by atoms with Crippen molar-refractivity contribution in [2.75, 3.05) is 5.32 Å². The Morgan fingerprint density at radius 3 is 2.53 bits per heavy atom. The SMILES string of the molecule is CC(C)N=C(NN)Nc1cc(F)c(Br)cc1F. The van der Waals surface area contributed by atoms with Crippen molar-refractivity contribution in [2.45, 2.75) is 19.9 Å². The first-order chi connectivity index (χ1) is 7.93. The molecule has 0 saturated carbocycles. The lowest BCUT2D eigenvalue weighted by Gasteiger charge is -2.11. The van der Waals surface area contributed by atoms with E-state index in [1.807, 2.05) is 13.8 Å². The second-order valence-corrected chi connectivity index (χ2v) is 4.44. The Morgan fingerprint density at radius 2 is 2.00 bits per heavy atom. The van der Waals surface area contributed by atoms with Gasteiger partial charge in [-0.15, -0.1) is 0 Å². The van der Waals surface area contributed by atoms with Gasteiger partial charge in [-0.3, -0.25) is 5.43 Å². The lowest BCUT2D eigenvalue weighted by Crippen LogP contribution is -2.37. The summed E-state index contributed by atoms with van der Waals surface area (Å²) in [5.74, 6) is 4.20. The first kappa shape index (κ1) is 13.9. The predicted octanol–water partition coefficient (Wildman–Crippen LogP) is 2.37. The standard InChI is InChI=1S/C10H13BrF2N4/c1-5(2)15-10(17-14)16-9-4-7(12)6(11)3-8(9)13/h3-5H,14H2,1-2H3,(H2,15,16,17). The highest BCUT2D eigenvalue weighted by Gasteiger charge is 2.09. The summed E-state index contributed by atoms with van der Waals surface area (Å²) in [5, 5.41) is 2.57. The van der Waals surface area contributed by atoms with E-state index in [-0.39, 0.29) is 22.2 Å². The average molecular weight is 307 g/mol. The van der Waals surface area contributed by atoms with Crippen molar-refractivity contribution >= 4 is 27.6 Å². The monoisotopic (exact) mass is 306 g/mol. The van der Waals surface area contributed by atoms with Crippen molar-refractivity contribution in [3.05, 3.63) is 28.2 Å². The first-order valence-electron chi connectivity index (χ1n) is 4.90. The number of nitrogens with one attached hydrogen (secondary N) is 2. The summed E-state index contributed by atoms with van der Waals surface area (Å²) in [5.41, 5.74) is 2.24. The number of aliphatic imine (C=N–C) groups is 1. The average Bonchev–Trinajstić information content (AvgIpc) is 2.24. The van der Waals surface area contributed by atoms with E-state index in [0.717, 1.165) is 12.1 Å². The summed E-state index contributed by atoms with van der Waals surface area (Å²) in [6.45, 7) is 3.66. The molecule has 4 N–H and O–H groups in total. The Bertz CT molecular complexity index is 435. The molecule has 0 heterocycles. The van der Waals surface area contributed by atoms with Crippen molar-refractivity contribution in [1.29, 1.82) is 0 Å². The van der Waals surface area contributed by atoms with Gasteiger partial charge >= 0.3 is 0 Å². The number of benzene rings is 1. The molecule has 0 atom stereocenters. The molecule has 0 amide bonds. The van der Waals surface area contributed by atoms with Gasteiger partial charge in [0.15, 0.2) is 0 Å². The van der Waals surface area contributed by atoms with Crippen LogP contribution in [0.1, 0.15) is 13.8 Å². The number of nitrogens with two attached hydrogens (primary N) is 1. The Morgan fingerprint density at radius 1 is 1.35 bits per heavy atom. The zero-order chi connectivity index (χ0) is 13.0. The van der Waals surface area contributed by atoms with Crippen LogP contribution in [0.4, 0.5) is 14.5 Å². The number of halogens is 3. The Kier molecular flexibility index (Phi) is 4.83. The summed E-state index contributed by atoms with van der Waals surface area (Å²) in [4.78, 5) is 4.05. The van der Waals surface area contributed by atoms with Crippen LogP contribution in [0.15, 0.2) is 21.6 Å². The molecule has 17 heavy (non-hydrogen) atoms. The summed E-state index contributed by atoms with van der Waals surface area (Å²) in [6.07, 6.45) is 0. The minimum absolute atomic E-state index is 0.0306. The molecular weight excluding hydrogens is 294 g/mol. The molecule has 1 aromatic rings. The summed E-state index contributed by atoms with van der Waals surface area (Å²) in [6, 6.07) is 2.02. The van der Waals surface area contributed by atoms with Crippen LogP contribution in [-0.2, 0) is 0 Å². The number of hydrazine groups is 1. The van der Waals surface area contributed by atoms with E-state index in [0.29, 0.717) is 0 Å². The lowest BCUT2D eigenvalue weighted by atomic mass is 10.3. The minimum Gasteiger partial charge on any atom is -0.323 e. The molecule has 0 aliphatic rings. The number of nitrogens with zero attached hydrogens (tertiary/aromatic N) is 1. The fourth-order valence-corrected chi connectivity index (χ4v) is 1.43. The van der Waals surface area contributed by atoms with Gasteiger partial charge in [0.2, 0.25) is 5.96 Å². The largest absolute Gasteiger partial charge is 0.323 e. The molecule has 0 saturated heterocycles. The smallest absolute Gasteiger partial charge is 0.210 e. The Hall–Kier alpha value is -1.21. The van der Waals surface area contributed by atoms with Gasteiger partial charge in [-0.1, -0.05) is 0 Å². The maximum atomic E-state index is 13.5. The van der Waals surface area contributed by atoms with E-state index >= 15 is 0 Å². The number of hydrogen-bond donors (Lipinski definition) is 3. The maximum Gasteiger partial charge on any atom is 0.210 e. The fraction of sp³-hybridized carbons (Fsp3) is 0.300. The normalized spacial score (nSPS) is 11.8. The quantitative estimate of drug-likeness (QED) is 0.258. The summed E-state index contributed by atoms with van der Waals surface area (Å²) in [7, 11) is 0. The van der Waals surface area contributed by atoms with Crippen LogP contribution in [0.3, 0.4) is 0 Å². The van der Waals surface area contributed by atoms with Crippen molar-refractivity contribution < 1.29 is 8.78 Å². The highest BCUT2D eigenvalue weighted by molar-refractivity contribution is 9.10. The summed E-state index contributed by atoms with van der Waals surface area (Å²) < 4.78 is 26.8. The highest BCUT2D eigenvalue weighted by Crippen LogP contribution is 2.23. The molecule has 0 spiro atoms. The molecule has 0 unspecified atom stereocenters. The topological polar surface area (TPSA) is 62.4 Å². The van der Waals surface area contributed by atoms with Crippen molar-refractivity contribution in [3.63, 3.8) is 0 Å². The van der Waals surface area contributed by atoms with Gasteiger partial charge < -0.3 is 5.32 Å². The van der Waals surface area contributed by atoms with Crippen molar-refractivity contribution in [1.82, 2.24) is 5.43 Å². The first-order valence-corrected chi connectivity index (χ1v) is 5.69. The molecule has 0 bridgehead atoms. The molecule has 94 valence electrons. The maximum absolute atomic E-state index is 13.5. The van der Waals surface area contributed by atoms with Crippen LogP contribution < -0.4 is 16.6 Å². The number of guanidine groups is 1. The van der Waals surface area contributed by atoms with Crippen molar-refractivity contribution in [3.8, 4) is 0 Å². The van der Waals surface area contributed by atoms with E-state index in [1.165, 1.54) is 0 Å². The van der Waals surface area contributed by atoms with Crippen LogP contribution >= 0.6 is 15.9 Å². The van der Waals surface area contributed by atoms with E-state index in [2.05, 4.69) is 31.7 Å². The third-order valence-electron chi connectivity index (χ3n) is 1.79. The van der Waals surface area contributed by atoms with E-state index in [1.54, 1.807) is 0 Å². The molecule has 0 radical (unpaired) electrons. The van der Waals surface area contributed by atoms with Gasteiger partial charge in [-0.25, -0.2) is 19.6 Å². The minimum atomic E-state index is -0.606. The zero-order valence-electron chi connectivity index (χ0n) is 9.39. The van der Waals surface area contributed by atoms with E-state index in [9.17, 15) is 8.78 Å². The van der Waals surface area contributed by atoms with Gasteiger partial charge in [-0.05, 0) is 35.8 Å². The number of hydrogen-bond acceptors (Lipinski definition) is 2. The zero-order valence-corrected chi connectivity index (χ0v) is 11.0. The third-order valence-corrected chi connectivity index (χ3v) is 2.39. The third kappa shape index (κ3) is 3.94. The van der Waals surface area contributed by atoms with Crippen LogP contribution in [0, 0.1) is 11.6 Å². The molecule has 0 aliphatic heterocycles. The Balaban J connectivity index is 2.98. The number of rotatable bonds is 2. The van der Waals surface area contributed by atoms with E-state index in [4.69, 9.17) is 5.84 Å². The highest BCUT2D eigenvalue weighted by atomic mass is 79.9. The lowest BCUT2D eigenvalue weighted by molar-refractivity contribution is 0.598. The van der Waals surface area contributed by atoms with Gasteiger partial charge in [0, 0.05) is 12.1 Å². The van der Waals surface area contributed by atoms with Gasteiger partial charge in [0.25, 0.3) is 0 Å². The van der Waals surface area contributed by atoms with Gasteiger partial charge in [-0.2, -0.15) is 0 Å². The van der Waals surface area contributed by atoms with Gasteiger partial charge in [0.05, 0.1) is 10.2 Å². The molecule has 1 aromatic carbocycles. The van der Waals surface area contributed by atoms with Gasteiger partial charge in [0.1, 0.15) is 11.6 Å². The molecule has 7 heteroatoms. The molecule has 4 nitrogen and oxygen atoms in total. The molecule has 0 aromatic heterocycles. The van der Waals surface area contributed by atoms with Crippen LogP contribution in [0.5, 0.6) is 0 Å². The fourth-order valence-electron chi connectivity index (χ4n) is 1.11. The van der Waals surface area contributed by atoms with Crippen molar-refractivity contribution in [2.24, 2.45) is 10.8 Å².